The van der Waals surface area contributed by atoms with Crippen molar-refractivity contribution in [1.29, 1.82) is 0 Å². The molecule has 3 heteroatoms. The molecular weight excluding hydrogens is 224 g/mol. The van der Waals surface area contributed by atoms with E-state index in [9.17, 15) is 4.79 Å². The zero-order valence-corrected chi connectivity index (χ0v) is 11.9. The van der Waals surface area contributed by atoms with E-state index in [1.807, 2.05) is 11.8 Å². The molecule has 1 amide bonds. The van der Waals surface area contributed by atoms with Gasteiger partial charge in [-0.25, -0.2) is 0 Å². The highest BCUT2D eigenvalue weighted by atomic mass is 16.2. The summed E-state index contributed by atoms with van der Waals surface area (Å²) in [6.07, 6.45) is 0. The van der Waals surface area contributed by atoms with Gasteiger partial charge in [0.2, 0.25) is 5.91 Å². The molecule has 0 saturated carbocycles. The lowest BCUT2D eigenvalue weighted by Gasteiger charge is -2.42. The fourth-order valence-corrected chi connectivity index (χ4v) is 2.61. The van der Waals surface area contributed by atoms with Gasteiger partial charge in [0, 0.05) is 17.8 Å². The van der Waals surface area contributed by atoms with Crippen LogP contribution in [0, 0.1) is 13.8 Å². The lowest BCUT2D eigenvalue weighted by Crippen LogP contribution is -2.64. The maximum atomic E-state index is 12.3. The number of nitrogens with zero attached hydrogens (tertiary/aromatic N) is 1. The first-order valence-electron chi connectivity index (χ1n) is 6.46. The largest absolute Gasteiger partial charge is 0.309 e. The third-order valence-corrected chi connectivity index (χ3v) is 3.45. The van der Waals surface area contributed by atoms with Crippen LogP contribution in [0.5, 0.6) is 0 Å². The van der Waals surface area contributed by atoms with Crippen LogP contribution in [0.15, 0.2) is 18.2 Å². The van der Waals surface area contributed by atoms with Gasteiger partial charge in [-0.05, 0) is 51.8 Å². The Bertz CT molecular complexity index is 479. The van der Waals surface area contributed by atoms with E-state index in [4.69, 9.17) is 0 Å². The number of benzene rings is 1. The average molecular weight is 246 g/mol. The molecule has 1 unspecified atom stereocenters. The summed E-state index contributed by atoms with van der Waals surface area (Å²) in [5.41, 5.74) is 3.33. The molecule has 98 valence electrons. The van der Waals surface area contributed by atoms with Crippen LogP contribution in [0.25, 0.3) is 0 Å². The van der Waals surface area contributed by atoms with E-state index in [0.717, 1.165) is 11.3 Å². The maximum absolute atomic E-state index is 12.3. The van der Waals surface area contributed by atoms with Crippen LogP contribution in [-0.4, -0.2) is 24.0 Å². The molecule has 0 aliphatic carbocycles. The van der Waals surface area contributed by atoms with Crippen LogP contribution >= 0.6 is 0 Å². The predicted molar refractivity (Wildman–Crippen MR) is 74.9 cm³/mol. The van der Waals surface area contributed by atoms with Gasteiger partial charge in [0.25, 0.3) is 0 Å². The third kappa shape index (κ3) is 2.41. The Kier molecular flexibility index (Phi) is 3.20. The van der Waals surface area contributed by atoms with Crippen molar-refractivity contribution in [2.75, 3.05) is 11.4 Å². The zero-order valence-electron chi connectivity index (χ0n) is 11.9. The molecule has 1 aromatic rings. The summed E-state index contributed by atoms with van der Waals surface area (Å²) in [5, 5.41) is 3.35. The highest BCUT2D eigenvalue weighted by molar-refractivity contribution is 5.98. The Morgan fingerprint density at radius 3 is 2.67 bits per heavy atom. The minimum Gasteiger partial charge on any atom is -0.309 e. The molecule has 0 aromatic heterocycles. The van der Waals surface area contributed by atoms with E-state index >= 15 is 0 Å². The number of piperazine rings is 1. The van der Waals surface area contributed by atoms with E-state index in [-0.39, 0.29) is 17.5 Å². The van der Waals surface area contributed by atoms with Crippen LogP contribution in [-0.2, 0) is 4.79 Å². The first-order valence-corrected chi connectivity index (χ1v) is 6.46. The Morgan fingerprint density at radius 1 is 1.33 bits per heavy atom. The van der Waals surface area contributed by atoms with Crippen LogP contribution < -0.4 is 10.2 Å². The van der Waals surface area contributed by atoms with E-state index < -0.39 is 0 Å². The number of carbonyl (C=O) groups is 1. The van der Waals surface area contributed by atoms with Crippen molar-refractivity contribution < 1.29 is 4.79 Å². The van der Waals surface area contributed by atoms with E-state index in [1.54, 1.807) is 0 Å². The molecule has 1 N–H and O–H groups in total. The lowest BCUT2D eigenvalue weighted by molar-refractivity contribution is -0.122. The molecule has 1 heterocycles. The number of carbonyl (C=O) groups excluding carboxylic acids is 1. The minimum atomic E-state index is -0.131. The van der Waals surface area contributed by atoms with E-state index in [0.29, 0.717) is 6.54 Å². The van der Waals surface area contributed by atoms with E-state index in [1.165, 1.54) is 5.56 Å². The molecule has 1 aliphatic heterocycles. The summed E-state index contributed by atoms with van der Waals surface area (Å²) >= 11 is 0. The number of amides is 1. The molecule has 3 nitrogen and oxygen atoms in total. The summed E-state index contributed by atoms with van der Waals surface area (Å²) in [6, 6.07) is 6.13. The monoisotopic (exact) mass is 246 g/mol. The SMILES string of the molecule is Cc1ccc(C)c(N2CC(C)(C)NC(C)C2=O)c1. The molecule has 2 rings (SSSR count). The number of rotatable bonds is 1. The predicted octanol–water partition coefficient (Wildman–Crippen LogP) is 2.41. The number of nitrogens with one attached hydrogen (secondary N) is 1. The van der Waals surface area contributed by atoms with Gasteiger partial charge < -0.3 is 4.90 Å². The molecule has 0 bridgehead atoms. The van der Waals surface area contributed by atoms with Crippen molar-refractivity contribution in [3.8, 4) is 0 Å². The van der Waals surface area contributed by atoms with Crippen LogP contribution in [0.2, 0.25) is 0 Å². The van der Waals surface area contributed by atoms with Crippen molar-refractivity contribution in [3.63, 3.8) is 0 Å². The summed E-state index contributed by atoms with van der Waals surface area (Å²) in [5.74, 6) is 0.156. The zero-order chi connectivity index (χ0) is 13.5. The Morgan fingerprint density at radius 2 is 2.00 bits per heavy atom. The van der Waals surface area contributed by atoms with Crippen molar-refractivity contribution >= 4 is 11.6 Å². The molecule has 1 aromatic carbocycles. The second kappa shape index (κ2) is 4.39. The third-order valence-electron chi connectivity index (χ3n) is 3.45. The average Bonchev–Trinajstić information content (AvgIpc) is 2.26. The Labute approximate surface area is 109 Å². The molecule has 1 saturated heterocycles. The molecule has 18 heavy (non-hydrogen) atoms. The molecule has 0 spiro atoms. The molecular formula is C15H22N2O. The molecule has 1 aliphatic rings. The van der Waals surface area contributed by atoms with Crippen molar-refractivity contribution in [3.05, 3.63) is 29.3 Å². The van der Waals surface area contributed by atoms with Crippen LogP contribution in [0.1, 0.15) is 31.9 Å². The van der Waals surface area contributed by atoms with Gasteiger partial charge in [0.05, 0.1) is 6.04 Å². The molecule has 1 fully saturated rings. The number of aryl methyl sites for hydroxylation is 2. The van der Waals surface area contributed by atoms with Crippen molar-refractivity contribution in [2.45, 2.75) is 46.2 Å². The van der Waals surface area contributed by atoms with Crippen molar-refractivity contribution in [1.82, 2.24) is 5.32 Å². The topological polar surface area (TPSA) is 32.3 Å². The number of hydrogen-bond acceptors (Lipinski definition) is 2. The first kappa shape index (κ1) is 13.1. The fourth-order valence-electron chi connectivity index (χ4n) is 2.61. The number of anilines is 1. The van der Waals surface area contributed by atoms with Gasteiger partial charge in [0.15, 0.2) is 0 Å². The molecule has 1 atom stereocenters. The van der Waals surface area contributed by atoms with Gasteiger partial charge in [0.1, 0.15) is 0 Å². The molecule has 0 radical (unpaired) electrons. The van der Waals surface area contributed by atoms with Gasteiger partial charge in [-0.1, -0.05) is 12.1 Å². The minimum absolute atomic E-state index is 0.0521. The maximum Gasteiger partial charge on any atom is 0.243 e. The fraction of sp³-hybridized carbons (Fsp3) is 0.533. The Balaban J connectivity index is 2.41. The Hall–Kier alpha value is -1.35. The number of hydrogen-bond donors (Lipinski definition) is 1. The first-order chi connectivity index (χ1) is 8.30. The van der Waals surface area contributed by atoms with Gasteiger partial charge in [-0.15, -0.1) is 0 Å². The normalized spacial score (nSPS) is 23.3. The summed E-state index contributed by atoms with van der Waals surface area (Å²) in [4.78, 5) is 14.3. The van der Waals surface area contributed by atoms with Gasteiger partial charge in [-0.3, -0.25) is 10.1 Å². The lowest BCUT2D eigenvalue weighted by atomic mass is 9.97. The second-order valence-corrected chi connectivity index (χ2v) is 5.96. The van der Waals surface area contributed by atoms with Crippen LogP contribution in [0.3, 0.4) is 0 Å². The van der Waals surface area contributed by atoms with Gasteiger partial charge in [-0.2, -0.15) is 0 Å². The van der Waals surface area contributed by atoms with Gasteiger partial charge >= 0.3 is 0 Å². The standard InChI is InChI=1S/C15H22N2O/c1-10-6-7-11(2)13(8-10)17-9-15(4,5)16-12(3)14(17)18/h6-8,12,16H,9H2,1-5H3. The van der Waals surface area contributed by atoms with Crippen molar-refractivity contribution in [2.24, 2.45) is 0 Å². The summed E-state index contributed by atoms with van der Waals surface area (Å²) in [7, 11) is 0. The second-order valence-electron chi connectivity index (χ2n) is 5.96. The van der Waals surface area contributed by atoms with Crippen LogP contribution in [0.4, 0.5) is 5.69 Å². The highest BCUT2D eigenvalue weighted by Crippen LogP contribution is 2.26. The smallest absolute Gasteiger partial charge is 0.243 e. The highest BCUT2D eigenvalue weighted by Gasteiger charge is 2.36. The summed E-state index contributed by atoms with van der Waals surface area (Å²) in [6.45, 7) is 11.0. The quantitative estimate of drug-likeness (QED) is 0.825. The van der Waals surface area contributed by atoms with E-state index in [2.05, 4.69) is 51.2 Å². The summed E-state index contributed by atoms with van der Waals surface area (Å²) < 4.78 is 0.